The topological polar surface area (TPSA) is 94.5 Å². The predicted molar refractivity (Wildman–Crippen MR) is 81.5 cm³/mol. The van der Waals surface area contributed by atoms with Crippen LogP contribution in [0.1, 0.15) is 27.7 Å². The summed E-state index contributed by atoms with van der Waals surface area (Å²) < 4.78 is 31.6. The van der Waals surface area contributed by atoms with Gasteiger partial charge in [0.2, 0.25) is 0 Å². The summed E-state index contributed by atoms with van der Waals surface area (Å²) in [6.45, 7) is 7.44. The fraction of sp³-hybridized carbons (Fsp3) is 0.571. The molecule has 0 aromatic heterocycles. The number of hydrogen-bond acceptors (Lipinski definition) is 5. The maximum absolute atomic E-state index is 10.5. The van der Waals surface area contributed by atoms with E-state index in [0.29, 0.717) is 17.2 Å². The molecule has 1 aromatic carbocycles. The summed E-state index contributed by atoms with van der Waals surface area (Å²) >= 11 is 0. The van der Waals surface area contributed by atoms with Crippen LogP contribution in [0, 0.1) is 0 Å². The molecule has 0 radical (unpaired) electrons. The summed E-state index contributed by atoms with van der Waals surface area (Å²) in [6.07, 6.45) is -0.0133. The second-order valence-corrected chi connectivity index (χ2v) is 6.35. The average molecular weight is 334 g/mol. The molecule has 0 saturated carbocycles. The van der Waals surface area contributed by atoms with Gasteiger partial charge in [0.15, 0.2) is 11.5 Å². The molecule has 7 nitrogen and oxygen atoms in total. The van der Waals surface area contributed by atoms with Gasteiger partial charge >= 0.3 is 7.82 Å². The van der Waals surface area contributed by atoms with Gasteiger partial charge in [-0.25, -0.2) is 4.57 Å². The van der Waals surface area contributed by atoms with Gasteiger partial charge < -0.3 is 24.0 Å². The highest BCUT2D eigenvalue weighted by Crippen LogP contribution is 2.36. The zero-order chi connectivity index (χ0) is 16.8. The van der Waals surface area contributed by atoms with E-state index >= 15 is 0 Å². The van der Waals surface area contributed by atoms with Crippen LogP contribution in [0.15, 0.2) is 18.2 Å². The van der Waals surface area contributed by atoms with Crippen LogP contribution < -0.4 is 14.2 Å². The van der Waals surface area contributed by atoms with Crippen LogP contribution in [0.2, 0.25) is 0 Å². The second kappa shape index (κ2) is 8.39. The smallest absolute Gasteiger partial charge is 0.469 e. The Bertz CT molecular complexity index is 510. The van der Waals surface area contributed by atoms with Crippen LogP contribution in [0.3, 0.4) is 0 Å². The maximum Gasteiger partial charge on any atom is 0.469 e. The van der Waals surface area contributed by atoms with E-state index in [4.69, 9.17) is 24.0 Å². The first-order chi connectivity index (χ1) is 10.2. The first-order valence-corrected chi connectivity index (χ1v) is 8.50. The highest BCUT2D eigenvalue weighted by molar-refractivity contribution is 7.46. The van der Waals surface area contributed by atoms with Gasteiger partial charge in [-0.2, -0.15) is 0 Å². The molecule has 0 saturated heterocycles. The van der Waals surface area contributed by atoms with Crippen molar-refractivity contribution in [3.63, 3.8) is 0 Å². The molecule has 0 heterocycles. The molecule has 126 valence electrons. The van der Waals surface area contributed by atoms with E-state index in [-0.39, 0.29) is 25.4 Å². The molecule has 8 heteroatoms. The first-order valence-electron chi connectivity index (χ1n) is 6.97. The average Bonchev–Trinajstić information content (AvgIpc) is 2.35. The molecular weight excluding hydrogens is 311 g/mol. The number of ether oxygens (including phenoxy) is 3. The molecule has 0 aliphatic carbocycles. The molecule has 1 aromatic rings. The lowest BCUT2D eigenvalue weighted by atomic mass is 10.3. The van der Waals surface area contributed by atoms with Crippen molar-refractivity contribution >= 4 is 7.82 Å². The van der Waals surface area contributed by atoms with Gasteiger partial charge in [0.25, 0.3) is 0 Å². The van der Waals surface area contributed by atoms with E-state index in [0.717, 1.165) is 0 Å². The van der Waals surface area contributed by atoms with E-state index in [1.54, 1.807) is 18.2 Å². The minimum absolute atomic E-state index is 0.0105. The molecule has 0 spiro atoms. The summed E-state index contributed by atoms with van der Waals surface area (Å²) in [5.41, 5.74) is 0. The molecule has 0 unspecified atom stereocenters. The van der Waals surface area contributed by atoms with Crippen LogP contribution in [-0.4, -0.2) is 35.2 Å². The minimum atomic E-state index is -4.46. The highest BCUT2D eigenvalue weighted by Gasteiger charge is 2.14. The van der Waals surface area contributed by atoms with Gasteiger partial charge in [-0.1, -0.05) is 0 Å². The van der Waals surface area contributed by atoms with Crippen LogP contribution in [0.25, 0.3) is 0 Å². The van der Waals surface area contributed by atoms with Gasteiger partial charge in [-0.3, -0.25) is 4.52 Å². The molecule has 0 fully saturated rings. The number of rotatable bonds is 9. The Morgan fingerprint density at radius 3 is 2.14 bits per heavy atom. The molecule has 0 aliphatic heterocycles. The summed E-state index contributed by atoms with van der Waals surface area (Å²) in [5, 5.41) is 0. The Morgan fingerprint density at radius 2 is 1.59 bits per heavy atom. The zero-order valence-electron chi connectivity index (χ0n) is 13.2. The molecule has 0 atom stereocenters. The first kappa shape index (κ1) is 18.8. The van der Waals surface area contributed by atoms with E-state index in [2.05, 4.69) is 4.52 Å². The number of phosphoric acid groups is 1. The normalized spacial score (nSPS) is 11.8. The van der Waals surface area contributed by atoms with Crippen molar-refractivity contribution in [2.24, 2.45) is 0 Å². The summed E-state index contributed by atoms with van der Waals surface area (Å²) in [4.78, 5) is 17.2. The predicted octanol–water partition coefficient (Wildman–Crippen LogP) is 2.75. The summed E-state index contributed by atoms with van der Waals surface area (Å²) in [7, 11) is -4.46. The molecular formula is C14H23O7P. The van der Waals surface area contributed by atoms with Crippen molar-refractivity contribution in [3.8, 4) is 17.2 Å². The number of benzene rings is 1. The van der Waals surface area contributed by atoms with Crippen molar-refractivity contribution in [2.45, 2.75) is 39.9 Å². The fourth-order valence-electron chi connectivity index (χ4n) is 1.59. The lowest BCUT2D eigenvalue weighted by molar-refractivity contribution is 0.159. The van der Waals surface area contributed by atoms with Crippen LogP contribution in [-0.2, 0) is 9.09 Å². The summed E-state index contributed by atoms with van der Waals surface area (Å²) in [6, 6.07) is 5.11. The quantitative estimate of drug-likeness (QED) is 0.529. The molecule has 1 rings (SSSR count). The third-order valence-corrected chi connectivity index (χ3v) is 2.77. The van der Waals surface area contributed by atoms with Gasteiger partial charge in [0.05, 0.1) is 18.8 Å². The molecule has 0 aliphatic rings. The lowest BCUT2D eigenvalue weighted by Gasteiger charge is -2.18. The van der Waals surface area contributed by atoms with Crippen LogP contribution in [0.5, 0.6) is 17.2 Å². The number of phosphoric ester groups is 1. The van der Waals surface area contributed by atoms with E-state index in [1.165, 1.54) is 0 Å². The zero-order valence-corrected chi connectivity index (χ0v) is 14.1. The monoisotopic (exact) mass is 334 g/mol. The Kier molecular flexibility index (Phi) is 7.16. The van der Waals surface area contributed by atoms with Gasteiger partial charge in [-0.05, 0) is 39.8 Å². The lowest BCUT2D eigenvalue weighted by Crippen LogP contribution is -2.11. The Morgan fingerprint density at radius 1 is 1.00 bits per heavy atom. The van der Waals surface area contributed by atoms with Crippen molar-refractivity contribution < 1.29 is 33.1 Å². The SMILES string of the molecule is CC(C)Oc1ccc(OCCOP(=O)(O)O)cc1OC(C)C. The van der Waals surface area contributed by atoms with Gasteiger partial charge in [-0.15, -0.1) is 0 Å². The van der Waals surface area contributed by atoms with Crippen LogP contribution in [0.4, 0.5) is 0 Å². The third kappa shape index (κ3) is 7.66. The Hall–Kier alpha value is -1.27. The standard InChI is InChI=1S/C14H23O7P/c1-10(2)20-13-6-5-12(9-14(13)21-11(3)4)18-7-8-19-22(15,16)17/h5-6,9-11H,7-8H2,1-4H3,(H2,15,16,17). The maximum atomic E-state index is 10.5. The van der Waals surface area contributed by atoms with E-state index in [1.807, 2.05) is 27.7 Å². The van der Waals surface area contributed by atoms with E-state index < -0.39 is 7.82 Å². The van der Waals surface area contributed by atoms with E-state index in [9.17, 15) is 4.57 Å². The fourth-order valence-corrected chi connectivity index (χ4v) is 1.90. The molecule has 22 heavy (non-hydrogen) atoms. The van der Waals surface area contributed by atoms with Crippen molar-refractivity contribution in [2.75, 3.05) is 13.2 Å². The van der Waals surface area contributed by atoms with Crippen LogP contribution >= 0.6 is 7.82 Å². The number of hydrogen-bond donors (Lipinski definition) is 2. The Balaban J connectivity index is 2.70. The summed E-state index contributed by atoms with van der Waals surface area (Å²) in [5.74, 6) is 1.67. The van der Waals surface area contributed by atoms with Crippen molar-refractivity contribution in [1.82, 2.24) is 0 Å². The molecule has 0 bridgehead atoms. The van der Waals surface area contributed by atoms with Gasteiger partial charge in [0, 0.05) is 6.07 Å². The third-order valence-electron chi connectivity index (χ3n) is 2.25. The second-order valence-electron chi connectivity index (χ2n) is 5.11. The van der Waals surface area contributed by atoms with Gasteiger partial charge in [0.1, 0.15) is 12.4 Å². The van der Waals surface area contributed by atoms with Crippen molar-refractivity contribution in [3.05, 3.63) is 18.2 Å². The highest BCUT2D eigenvalue weighted by atomic mass is 31.2. The molecule has 2 N–H and O–H groups in total. The largest absolute Gasteiger partial charge is 0.491 e. The molecule has 0 amide bonds. The van der Waals surface area contributed by atoms with Crippen molar-refractivity contribution in [1.29, 1.82) is 0 Å². The minimum Gasteiger partial charge on any atom is -0.491 e. The Labute approximate surface area is 130 Å².